The van der Waals surface area contributed by atoms with E-state index in [9.17, 15) is 9.59 Å². The molecule has 1 aliphatic rings. The number of hydrogen-bond acceptors (Lipinski definition) is 3. The number of carboxylic acids is 1. The summed E-state index contributed by atoms with van der Waals surface area (Å²) < 4.78 is 5.29. The van der Waals surface area contributed by atoms with Crippen LogP contribution in [0.2, 0.25) is 0 Å². The Balaban J connectivity index is 2.05. The number of piperidine rings is 1. The molecule has 1 unspecified atom stereocenters. The van der Waals surface area contributed by atoms with E-state index in [-0.39, 0.29) is 18.5 Å². The van der Waals surface area contributed by atoms with E-state index in [4.69, 9.17) is 9.52 Å². The van der Waals surface area contributed by atoms with Crippen molar-refractivity contribution in [1.29, 1.82) is 0 Å². The highest BCUT2D eigenvalue weighted by atomic mass is 16.4. The van der Waals surface area contributed by atoms with Crippen LogP contribution in [0.3, 0.4) is 0 Å². The molecule has 21 heavy (non-hydrogen) atoms. The van der Waals surface area contributed by atoms with Crippen molar-refractivity contribution < 1.29 is 19.1 Å². The van der Waals surface area contributed by atoms with Gasteiger partial charge in [-0.3, -0.25) is 4.79 Å². The zero-order chi connectivity index (χ0) is 15.2. The minimum atomic E-state index is -0.853. The molecule has 116 valence electrons. The molecule has 0 radical (unpaired) electrons. The van der Waals surface area contributed by atoms with Crippen molar-refractivity contribution in [1.82, 2.24) is 9.80 Å². The molecule has 1 saturated heterocycles. The van der Waals surface area contributed by atoms with Crippen molar-refractivity contribution in [3.8, 4) is 0 Å². The number of aliphatic carboxylic acids is 1. The molecule has 0 bridgehead atoms. The number of nitrogens with zero attached hydrogens (tertiary/aromatic N) is 2. The first-order valence-corrected chi connectivity index (χ1v) is 7.41. The van der Waals surface area contributed by atoms with Gasteiger partial charge in [0.25, 0.3) is 0 Å². The van der Waals surface area contributed by atoms with Gasteiger partial charge in [-0.1, -0.05) is 0 Å². The standard InChI is InChI=1S/C15H22N2O4/c1-2-16(11-13-7-5-9-21-13)15(20)17-8-4-3-6-12(17)10-14(18)19/h5,7,9,12H,2-4,6,8,10-11H2,1H3,(H,18,19). The average Bonchev–Trinajstić information content (AvgIpc) is 2.97. The van der Waals surface area contributed by atoms with Crippen LogP contribution >= 0.6 is 0 Å². The summed E-state index contributed by atoms with van der Waals surface area (Å²) in [5.74, 6) is -0.120. The molecule has 0 saturated carbocycles. The number of likely N-dealkylation sites (tertiary alicyclic amines) is 1. The first kappa shape index (κ1) is 15.4. The fourth-order valence-electron chi connectivity index (χ4n) is 2.75. The molecule has 1 fully saturated rings. The maximum Gasteiger partial charge on any atom is 0.320 e. The van der Waals surface area contributed by atoms with Crippen LogP contribution in [0, 0.1) is 0 Å². The van der Waals surface area contributed by atoms with Crippen LogP contribution < -0.4 is 0 Å². The Labute approximate surface area is 124 Å². The van der Waals surface area contributed by atoms with E-state index in [1.807, 2.05) is 13.0 Å². The molecule has 2 rings (SSSR count). The summed E-state index contributed by atoms with van der Waals surface area (Å²) in [6, 6.07) is 3.33. The van der Waals surface area contributed by atoms with Crippen LogP contribution in [0.5, 0.6) is 0 Å². The minimum Gasteiger partial charge on any atom is -0.481 e. The van der Waals surface area contributed by atoms with Crippen molar-refractivity contribution in [2.24, 2.45) is 0 Å². The molecule has 6 heteroatoms. The van der Waals surface area contributed by atoms with Crippen LogP contribution in [0.15, 0.2) is 22.8 Å². The van der Waals surface area contributed by atoms with E-state index in [1.54, 1.807) is 22.1 Å². The van der Waals surface area contributed by atoms with E-state index >= 15 is 0 Å². The van der Waals surface area contributed by atoms with Crippen LogP contribution in [0.1, 0.15) is 38.4 Å². The van der Waals surface area contributed by atoms with Gasteiger partial charge in [-0.15, -0.1) is 0 Å². The number of urea groups is 1. The molecular formula is C15H22N2O4. The zero-order valence-electron chi connectivity index (χ0n) is 12.3. The van der Waals surface area contributed by atoms with E-state index < -0.39 is 5.97 Å². The van der Waals surface area contributed by atoms with Crippen molar-refractivity contribution >= 4 is 12.0 Å². The Morgan fingerprint density at radius 2 is 2.29 bits per heavy atom. The molecule has 6 nitrogen and oxygen atoms in total. The predicted molar refractivity (Wildman–Crippen MR) is 76.8 cm³/mol. The Morgan fingerprint density at radius 3 is 2.90 bits per heavy atom. The first-order chi connectivity index (χ1) is 10.1. The number of furan rings is 1. The van der Waals surface area contributed by atoms with Gasteiger partial charge in [0.15, 0.2) is 0 Å². The molecule has 2 heterocycles. The van der Waals surface area contributed by atoms with Crippen LogP contribution in [0.25, 0.3) is 0 Å². The van der Waals surface area contributed by atoms with Crippen molar-refractivity contribution in [3.63, 3.8) is 0 Å². The van der Waals surface area contributed by atoms with Gasteiger partial charge in [-0.25, -0.2) is 4.79 Å². The molecule has 1 aromatic heterocycles. The van der Waals surface area contributed by atoms with E-state index in [2.05, 4.69) is 0 Å². The number of amides is 2. The monoisotopic (exact) mass is 294 g/mol. The van der Waals surface area contributed by atoms with Gasteiger partial charge >= 0.3 is 12.0 Å². The lowest BCUT2D eigenvalue weighted by Crippen LogP contribution is -2.50. The quantitative estimate of drug-likeness (QED) is 0.905. The SMILES string of the molecule is CCN(Cc1ccco1)C(=O)N1CCCCC1CC(=O)O. The number of carbonyl (C=O) groups excluding carboxylic acids is 1. The molecular weight excluding hydrogens is 272 g/mol. The lowest BCUT2D eigenvalue weighted by Gasteiger charge is -2.38. The summed E-state index contributed by atoms with van der Waals surface area (Å²) in [6.45, 7) is 3.52. The smallest absolute Gasteiger partial charge is 0.320 e. The molecule has 0 aromatic carbocycles. The van der Waals surface area contributed by atoms with Gasteiger partial charge in [0.2, 0.25) is 0 Å². The maximum absolute atomic E-state index is 12.7. The molecule has 1 N–H and O–H groups in total. The van der Waals surface area contributed by atoms with Gasteiger partial charge in [0.05, 0.1) is 19.2 Å². The highest BCUT2D eigenvalue weighted by molar-refractivity contribution is 5.76. The Hall–Kier alpha value is -1.98. The highest BCUT2D eigenvalue weighted by Gasteiger charge is 2.31. The zero-order valence-corrected chi connectivity index (χ0v) is 12.3. The molecule has 1 aliphatic heterocycles. The van der Waals surface area contributed by atoms with Gasteiger partial charge in [-0.2, -0.15) is 0 Å². The number of carboxylic acid groups (broad SMARTS) is 1. The summed E-state index contributed by atoms with van der Waals surface area (Å²) in [6.07, 6.45) is 4.27. The summed E-state index contributed by atoms with van der Waals surface area (Å²) >= 11 is 0. The molecule has 1 atom stereocenters. The van der Waals surface area contributed by atoms with Crippen LogP contribution in [-0.4, -0.2) is 46.0 Å². The second-order valence-electron chi connectivity index (χ2n) is 5.32. The summed E-state index contributed by atoms with van der Waals surface area (Å²) in [7, 11) is 0. The minimum absolute atomic E-state index is 0.0179. The van der Waals surface area contributed by atoms with E-state index in [0.29, 0.717) is 19.6 Å². The van der Waals surface area contributed by atoms with E-state index in [1.165, 1.54) is 0 Å². The second-order valence-corrected chi connectivity index (χ2v) is 5.32. The maximum atomic E-state index is 12.7. The average molecular weight is 294 g/mol. The van der Waals surface area contributed by atoms with Crippen LogP contribution in [-0.2, 0) is 11.3 Å². The molecule has 0 spiro atoms. The Morgan fingerprint density at radius 1 is 1.48 bits per heavy atom. The molecule has 0 aliphatic carbocycles. The van der Waals surface area contributed by atoms with Crippen molar-refractivity contribution in [2.75, 3.05) is 13.1 Å². The lowest BCUT2D eigenvalue weighted by atomic mass is 10.00. The number of carbonyl (C=O) groups is 2. The summed E-state index contributed by atoms with van der Waals surface area (Å²) in [5.41, 5.74) is 0. The summed E-state index contributed by atoms with van der Waals surface area (Å²) in [4.78, 5) is 27.0. The predicted octanol–water partition coefficient (Wildman–Crippen LogP) is 2.55. The molecule has 1 aromatic rings. The van der Waals surface area contributed by atoms with Crippen molar-refractivity contribution in [2.45, 2.75) is 45.2 Å². The fraction of sp³-hybridized carbons (Fsp3) is 0.600. The highest BCUT2D eigenvalue weighted by Crippen LogP contribution is 2.22. The summed E-state index contributed by atoms with van der Waals surface area (Å²) in [5, 5.41) is 9.00. The third-order valence-electron chi connectivity index (χ3n) is 3.86. The van der Waals surface area contributed by atoms with Gasteiger partial charge in [-0.05, 0) is 38.3 Å². The molecule has 2 amide bonds. The Bertz CT molecular complexity index is 472. The van der Waals surface area contributed by atoms with Gasteiger partial charge in [0, 0.05) is 19.1 Å². The van der Waals surface area contributed by atoms with E-state index in [0.717, 1.165) is 25.0 Å². The van der Waals surface area contributed by atoms with Crippen molar-refractivity contribution in [3.05, 3.63) is 24.2 Å². The second kappa shape index (κ2) is 7.15. The number of rotatable bonds is 5. The normalized spacial score (nSPS) is 18.5. The third kappa shape index (κ3) is 4.00. The van der Waals surface area contributed by atoms with Crippen LogP contribution in [0.4, 0.5) is 4.79 Å². The Kier molecular flexibility index (Phi) is 5.25. The number of hydrogen-bond donors (Lipinski definition) is 1. The topological polar surface area (TPSA) is 74.0 Å². The largest absolute Gasteiger partial charge is 0.481 e. The first-order valence-electron chi connectivity index (χ1n) is 7.41. The fourth-order valence-corrected chi connectivity index (χ4v) is 2.75. The van der Waals surface area contributed by atoms with Gasteiger partial charge in [0.1, 0.15) is 5.76 Å². The van der Waals surface area contributed by atoms with Gasteiger partial charge < -0.3 is 19.3 Å². The third-order valence-corrected chi connectivity index (χ3v) is 3.86. The lowest BCUT2D eigenvalue weighted by molar-refractivity contribution is -0.138.